The van der Waals surface area contributed by atoms with E-state index >= 15 is 0 Å². The molecule has 0 radical (unpaired) electrons. The Morgan fingerprint density at radius 2 is 2.35 bits per heavy atom. The van der Waals surface area contributed by atoms with Crippen molar-refractivity contribution < 1.29 is 9.90 Å². The maximum absolute atomic E-state index is 12.4. The Morgan fingerprint density at radius 1 is 1.48 bits per heavy atom. The molecule has 0 saturated carbocycles. The van der Waals surface area contributed by atoms with Gasteiger partial charge < -0.3 is 10.0 Å². The number of rotatable bonds is 3. The second-order valence-corrected chi connectivity index (χ2v) is 6.26. The Morgan fingerprint density at radius 3 is 3.09 bits per heavy atom. The molecular weight excluding hydrogens is 312 g/mol. The second-order valence-electron chi connectivity index (χ2n) is 5.32. The summed E-state index contributed by atoms with van der Waals surface area (Å²) in [6, 6.07) is 5.64. The van der Waals surface area contributed by atoms with E-state index in [9.17, 15) is 4.79 Å². The van der Waals surface area contributed by atoms with E-state index in [1.807, 2.05) is 22.2 Å². The van der Waals surface area contributed by atoms with Crippen LogP contribution in [0.3, 0.4) is 0 Å². The molecule has 6 nitrogen and oxygen atoms in total. The lowest BCUT2D eigenvalue weighted by Crippen LogP contribution is -2.29. The number of carbonyl (C=O) groups excluding carboxylic acids is 1. The summed E-state index contributed by atoms with van der Waals surface area (Å²) < 4.78 is 1.81. The van der Waals surface area contributed by atoms with E-state index in [1.165, 1.54) is 11.3 Å². The standard InChI is InChI=1S/C16H16N4O2S/c17-8-13-7-14-9-19(4-1-5-20(14)18-13)16(22)3-2-15-6-12(10-21)11-23-15/h2-3,6-7,11,21H,1,4-5,9-10H2. The number of aliphatic hydroxyl groups is 1. The van der Waals surface area contributed by atoms with Crippen molar-refractivity contribution in [2.45, 2.75) is 26.1 Å². The van der Waals surface area contributed by atoms with Gasteiger partial charge >= 0.3 is 0 Å². The molecule has 2 aromatic rings. The molecule has 0 spiro atoms. The number of hydrogen-bond donors (Lipinski definition) is 1. The van der Waals surface area contributed by atoms with Crippen molar-refractivity contribution in [3.63, 3.8) is 0 Å². The van der Waals surface area contributed by atoms with Crippen LogP contribution in [0.2, 0.25) is 0 Å². The first-order valence-electron chi connectivity index (χ1n) is 7.31. The van der Waals surface area contributed by atoms with Crippen LogP contribution in [-0.4, -0.2) is 32.2 Å². The van der Waals surface area contributed by atoms with Gasteiger partial charge in [0.2, 0.25) is 5.91 Å². The minimum absolute atomic E-state index is 0.00955. The molecule has 0 atom stereocenters. The molecule has 1 amide bonds. The zero-order valence-corrected chi connectivity index (χ0v) is 13.3. The lowest BCUT2D eigenvalue weighted by Gasteiger charge is -2.17. The number of aromatic nitrogens is 2. The van der Waals surface area contributed by atoms with E-state index in [2.05, 4.69) is 5.10 Å². The molecule has 1 aliphatic rings. The minimum atomic E-state index is -0.0582. The highest BCUT2D eigenvalue weighted by Gasteiger charge is 2.19. The van der Waals surface area contributed by atoms with E-state index in [4.69, 9.17) is 10.4 Å². The van der Waals surface area contributed by atoms with Crippen molar-refractivity contribution in [2.24, 2.45) is 0 Å². The molecule has 7 heteroatoms. The number of aryl methyl sites for hydroxylation is 1. The Kier molecular flexibility index (Phi) is 4.55. The zero-order chi connectivity index (χ0) is 16.2. The van der Waals surface area contributed by atoms with Crippen molar-refractivity contribution in [3.05, 3.63) is 45.4 Å². The van der Waals surface area contributed by atoms with Gasteiger partial charge in [-0.2, -0.15) is 10.4 Å². The predicted octanol–water partition coefficient (Wildman–Crippen LogP) is 1.75. The van der Waals surface area contributed by atoms with Gasteiger partial charge in [0.25, 0.3) is 0 Å². The molecule has 0 fully saturated rings. The molecule has 0 aliphatic carbocycles. The third-order valence-corrected chi connectivity index (χ3v) is 4.63. The van der Waals surface area contributed by atoms with E-state index in [-0.39, 0.29) is 12.5 Å². The van der Waals surface area contributed by atoms with Gasteiger partial charge in [0, 0.05) is 24.0 Å². The lowest BCUT2D eigenvalue weighted by atomic mass is 10.3. The smallest absolute Gasteiger partial charge is 0.246 e. The third-order valence-electron chi connectivity index (χ3n) is 3.69. The van der Waals surface area contributed by atoms with Crippen LogP contribution in [0, 0.1) is 11.3 Å². The van der Waals surface area contributed by atoms with Gasteiger partial charge in [0.15, 0.2) is 5.69 Å². The van der Waals surface area contributed by atoms with Crippen molar-refractivity contribution in [2.75, 3.05) is 6.54 Å². The fourth-order valence-electron chi connectivity index (χ4n) is 2.53. The van der Waals surface area contributed by atoms with Crippen LogP contribution in [-0.2, 0) is 24.5 Å². The zero-order valence-electron chi connectivity index (χ0n) is 12.5. The summed E-state index contributed by atoms with van der Waals surface area (Å²) in [5.74, 6) is -0.0582. The summed E-state index contributed by atoms with van der Waals surface area (Å²) in [6.07, 6.45) is 4.14. The van der Waals surface area contributed by atoms with Crippen LogP contribution < -0.4 is 0 Å². The third kappa shape index (κ3) is 3.50. The van der Waals surface area contributed by atoms with Crippen molar-refractivity contribution in [1.82, 2.24) is 14.7 Å². The van der Waals surface area contributed by atoms with Gasteiger partial charge in [-0.15, -0.1) is 11.3 Å². The summed E-state index contributed by atoms with van der Waals surface area (Å²) >= 11 is 1.49. The first kappa shape index (κ1) is 15.5. The molecule has 0 unspecified atom stereocenters. The van der Waals surface area contributed by atoms with Gasteiger partial charge in [0.1, 0.15) is 6.07 Å². The Bertz CT molecular complexity index is 784. The number of fused-ring (bicyclic) bond motifs is 1. The van der Waals surface area contributed by atoms with Gasteiger partial charge in [0.05, 0.1) is 18.8 Å². The van der Waals surface area contributed by atoms with Crippen molar-refractivity contribution in [1.29, 1.82) is 5.26 Å². The van der Waals surface area contributed by atoms with Crippen molar-refractivity contribution in [3.8, 4) is 6.07 Å². The summed E-state index contributed by atoms with van der Waals surface area (Å²) in [7, 11) is 0. The highest BCUT2D eigenvalue weighted by atomic mass is 32.1. The molecular formula is C16H16N4O2S. The highest BCUT2D eigenvalue weighted by molar-refractivity contribution is 7.11. The molecule has 1 N–H and O–H groups in total. The van der Waals surface area contributed by atoms with Crippen LogP contribution in [0.1, 0.15) is 28.2 Å². The van der Waals surface area contributed by atoms with Gasteiger partial charge in [-0.05, 0) is 35.6 Å². The first-order chi connectivity index (χ1) is 11.2. The molecule has 118 valence electrons. The van der Waals surface area contributed by atoms with Gasteiger partial charge in [-0.25, -0.2) is 0 Å². The fourth-order valence-corrected chi connectivity index (χ4v) is 3.32. The topological polar surface area (TPSA) is 82.2 Å². The Balaban J connectivity index is 1.70. The number of nitriles is 1. The maximum atomic E-state index is 12.4. The SMILES string of the molecule is N#Cc1cc2n(n1)CCCN(C(=O)C=Cc1cc(CO)cs1)C2. The van der Waals surface area contributed by atoms with Crippen LogP contribution in [0.25, 0.3) is 6.08 Å². The number of hydrogen-bond acceptors (Lipinski definition) is 5. The molecule has 0 saturated heterocycles. The second kappa shape index (κ2) is 6.77. The summed E-state index contributed by atoms with van der Waals surface area (Å²) in [4.78, 5) is 15.1. The molecule has 3 heterocycles. The number of nitrogens with zero attached hydrogens (tertiary/aromatic N) is 4. The normalized spacial score (nSPS) is 14.5. The number of carbonyl (C=O) groups is 1. The molecule has 3 rings (SSSR count). The molecule has 0 aromatic carbocycles. The number of aliphatic hydroxyl groups excluding tert-OH is 1. The van der Waals surface area contributed by atoms with Crippen LogP contribution >= 0.6 is 11.3 Å². The van der Waals surface area contributed by atoms with Crippen LogP contribution in [0.5, 0.6) is 0 Å². The Labute approximate surface area is 137 Å². The molecule has 23 heavy (non-hydrogen) atoms. The largest absolute Gasteiger partial charge is 0.392 e. The summed E-state index contributed by atoms with van der Waals surface area (Å²) in [6.45, 7) is 1.86. The molecule has 2 aromatic heterocycles. The number of amides is 1. The average Bonchev–Trinajstić information content (AvgIpc) is 3.14. The van der Waals surface area contributed by atoms with Gasteiger partial charge in [-0.3, -0.25) is 9.48 Å². The molecule has 1 aliphatic heterocycles. The maximum Gasteiger partial charge on any atom is 0.246 e. The van der Waals surface area contributed by atoms with E-state index in [1.54, 1.807) is 23.1 Å². The highest BCUT2D eigenvalue weighted by Crippen LogP contribution is 2.17. The van der Waals surface area contributed by atoms with E-state index in [0.717, 1.165) is 29.1 Å². The quantitative estimate of drug-likeness (QED) is 0.870. The lowest BCUT2D eigenvalue weighted by molar-refractivity contribution is -0.126. The fraction of sp³-hybridized carbons (Fsp3) is 0.312. The first-order valence-corrected chi connectivity index (χ1v) is 8.19. The van der Waals surface area contributed by atoms with E-state index < -0.39 is 0 Å². The minimum Gasteiger partial charge on any atom is -0.392 e. The Hall–Kier alpha value is -2.43. The molecule has 0 bridgehead atoms. The van der Waals surface area contributed by atoms with Crippen LogP contribution in [0.4, 0.5) is 0 Å². The van der Waals surface area contributed by atoms with Gasteiger partial charge in [-0.1, -0.05) is 0 Å². The number of thiophene rings is 1. The summed E-state index contributed by atoms with van der Waals surface area (Å²) in [5, 5.41) is 24.1. The van der Waals surface area contributed by atoms with E-state index in [0.29, 0.717) is 18.8 Å². The predicted molar refractivity (Wildman–Crippen MR) is 86.3 cm³/mol. The summed E-state index contributed by atoms with van der Waals surface area (Å²) in [5.41, 5.74) is 2.13. The van der Waals surface area contributed by atoms with Crippen molar-refractivity contribution >= 4 is 23.3 Å². The van der Waals surface area contributed by atoms with Crippen LogP contribution in [0.15, 0.2) is 23.6 Å². The average molecular weight is 328 g/mol. The monoisotopic (exact) mass is 328 g/mol.